The van der Waals surface area contributed by atoms with E-state index in [1.165, 1.54) is 0 Å². The summed E-state index contributed by atoms with van der Waals surface area (Å²) in [6.07, 6.45) is 4.34. The third-order valence-corrected chi connectivity index (χ3v) is 4.23. The predicted octanol–water partition coefficient (Wildman–Crippen LogP) is 3.47. The van der Waals surface area contributed by atoms with Crippen LogP contribution in [0.25, 0.3) is 10.9 Å². The second-order valence-electron chi connectivity index (χ2n) is 6.36. The van der Waals surface area contributed by atoms with Gasteiger partial charge in [-0.1, -0.05) is 6.07 Å². The number of amides is 1. The molecule has 23 heavy (non-hydrogen) atoms. The van der Waals surface area contributed by atoms with Gasteiger partial charge in [-0.25, -0.2) is 0 Å². The number of H-pyrrole nitrogens is 1. The molecule has 4 rings (SSSR count). The van der Waals surface area contributed by atoms with E-state index in [0.29, 0.717) is 23.5 Å². The summed E-state index contributed by atoms with van der Waals surface area (Å²) < 4.78 is 2.16. The Balaban J connectivity index is 1.59. The average Bonchev–Trinajstić information content (AvgIpc) is 3.12. The molecule has 1 amide bonds. The van der Waals surface area contributed by atoms with Crippen LogP contribution in [-0.2, 0) is 0 Å². The van der Waals surface area contributed by atoms with Crippen LogP contribution in [0.2, 0.25) is 0 Å². The van der Waals surface area contributed by atoms with Gasteiger partial charge in [-0.3, -0.25) is 15.2 Å². The molecule has 0 atom stereocenters. The van der Waals surface area contributed by atoms with Gasteiger partial charge in [0.2, 0.25) is 5.95 Å². The van der Waals surface area contributed by atoms with Gasteiger partial charge in [0, 0.05) is 29.2 Å². The van der Waals surface area contributed by atoms with Crippen LogP contribution in [0.3, 0.4) is 0 Å². The fourth-order valence-corrected chi connectivity index (χ4v) is 2.78. The predicted molar refractivity (Wildman–Crippen MR) is 88.6 cm³/mol. The molecule has 1 aliphatic carbocycles. The standard InChI is InChI=1S/C17H19N5O/c1-10(2)22-8-7-11-3-6-13(9-14(11)22)16(23)19-17-18-15(20-21-17)12-4-5-12/h3,6-10,12H,4-5H2,1-2H3,(H2,18,19,20,21,23). The summed E-state index contributed by atoms with van der Waals surface area (Å²) >= 11 is 0. The molecule has 1 aliphatic rings. The Morgan fingerprint density at radius 2 is 2.17 bits per heavy atom. The van der Waals surface area contributed by atoms with Crippen LogP contribution in [-0.4, -0.2) is 25.7 Å². The molecule has 2 N–H and O–H groups in total. The smallest absolute Gasteiger partial charge is 0.258 e. The summed E-state index contributed by atoms with van der Waals surface area (Å²) in [4.78, 5) is 16.8. The van der Waals surface area contributed by atoms with Crippen LogP contribution < -0.4 is 5.32 Å². The van der Waals surface area contributed by atoms with Gasteiger partial charge in [0.25, 0.3) is 5.91 Å². The van der Waals surface area contributed by atoms with E-state index in [4.69, 9.17) is 0 Å². The highest BCUT2D eigenvalue weighted by Gasteiger charge is 2.27. The molecule has 0 unspecified atom stereocenters. The Morgan fingerprint density at radius 1 is 1.35 bits per heavy atom. The number of carbonyl (C=O) groups is 1. The molecule has 1 aromatic carbocycles. The zero-order valence-corrected chi connectivity index (χ0v) is 13.2. The van der Waals surface area contributed by atoms with Crippen molar-refractivity contribution >= 4 is 22.8 Å². The van der Waals surface area contributed by atoms with E-state index in [1.54, 1.807) is 0 Å². The minimum atomic E-state index is -0.190. The summed E-state index contributed by atoms with van der Waals surface area (Å²) in [7, 11) is 0. The Bertz CT molecular complexity index is 872. The maximum absolute atomic E-state index is 12.4. The minimum Gasteiger partial charge on any atom is -0.345 e. The van der Waals surface area contributed by atoms with E-state index in [-0.39, 0.29) is 5.91 Å². The topological polar surface area (TPSA) is 75.6 Å². The van der Waals surface area contributed by atoms with Crippen molar-refractivity contribution in [1.82, 2.24) is 19.7 Å². The van der Waals surface area contributed by atoms with Gasteiger partial charge in [-0.05, 0) is 50.3 Å². The monoisotopic (exact) mass is 309 g/mol. The molecular formula is C17H19N5O. The lowest BCUT2D eigenvalue weighted by Crippen LogP contribution is -2.13. The van der Waals surface area contributed by atoms with Crippen molar-refractivity contribution in [2.75, 3.05) is 5.32 Å². The second-order valence-corrected chi connectivity index (χ2v) is 6.36. The number of benzene rings is 1. The van der Waals surface area contributed by atoms with Crippen LogP contribution in [0.4, 0.5) is 5.95 Å². The van der Waals surface area contributed by atoms with Gasteiger partial charge in [-0.2, -0.15) is 4.98 Å². The number of aromatic amines is 1. The quantitative estimate of drug-likeness (QED) is 0.775. The first-order chi connectivity index (χ1) is 11.1. The summed E-state index contributed by atoms with van der Waals surface area (Å²) in [5.74, 6) is 1.50. The molecule has 1 fully saturated rings. The number of hydrogen-bond donors (Lipinski definition) is 2. The second kappa shape index (κ2) is 5.22. The van der Waals surface area contributed by atoms with Crippen molar-refractivity contribution in [3.63, 3.8) is 0 Å². The number of anilines is 1. The fraction of sp³-hybridized carbons (Fsp3) is 0.353. The Kier molecular flexibility index (Phi) is 3.18. The Labute approximate surface area is 133 Å². The molecule has 6 heteroatoms. The largest absolute Gasteiger partial charge is 0.345 e. The molecule has 118 valence electrons. The highest BCUT2D eigenvalue weighted by atomic mass is 16.1. The third-order valence-electron chi connectivity index (χ3n) is 4.23. The number of rotatable bonds is 4. The number of nitrogens with zero attached hydrogens (tertiary/aromatic N) is 3. The number of carbonyl (C=O) groups excluding carboxylic acids is 1. The molecule has 1 saturated carbocycles. The number of hydrogen-bond acceptors (Lipinski definition) is 3. The van der Waals surface area contributed by atoms with Crippen LogP contribution in [0, 0.1) is 0 Å². The zero-order valence-electron chi connectivity index (χ0n) is 13.2. The van der Waals surface area contributed by atoms with Gasteiger partial charge in [0.05, 0.1) is 0 Å². The first-order valence-electron chi connectivity index (χ1n) is 7.96. The van der Waals surface area contributed by atoms with Gasteiger partial charge >= 0.3 is 0 Å². The van der Waals surface area contributed by atoms with Crippen molar-refractivity contribution in [2.45, 2.75) is 38.6 Å². The molecule has 0 saturated heterocycles. The van der Waals surface area contributed by atoms with Crippen molar-refractivity contribution < 1.29 is 4.79 Å². The molecule has 0 bridgehead atoms. The summed E-state index contributed by atoms with van der Waals surface area (Å²) in [6.45, 7) is 4.25. The van der Waals surface area contributed by atoms with Crippen LogP contribution in [0.5, 0.6) is 0 Å². The molecule has 0 aliphatic heterocycles. The third kappa shape index (κ3) is 2.60. The molecular weight excluding hydrogens is 290 g/mol. The van der Waals surface area contributed by atoms with Crippen molar-refractivity contribution in [3.8, 4) is 0 Å². The molecule has 0 spiro atoms. The molecule has 2 aromatic heterocycles. The normalized spacial score (nSPS) is 14.6. The van der Waals surface area contributed by atoms with E-state index in [9.17, 15) is 4.79 Å². The van der Waals surface area contributed by atoms with Crippen molar-refractivity contribution in [2.24, 2.45) is 0 Å². The molecule has 3 aromatic rings. The summed E-state index contributed by atoms with van der Waals surface area (Å²) in [5.41, 5.74) is 1.66. The van der Waals surface area contributed by atoms with Crippen molar-refractivity contribution in [3.05, 3.63) is 41.9 Å². The highest BCUT2D eigenvalue weighted by Crippen LogP contribution is 2.38. The van der Waals surface area contributed by atoms with Gasteiger partial charge < -0.3 is 4.57 Å². The number of nitrogens with one attached hydrogen (secondary N) is 2. The van der Waals surface area contributed by atoms with Gasteiger partial charge in [-0.15, -0.1) is 5.10 Å². The van der Waals surface area contributed by atoms with Gasteiger partial charge in [0.15, 0.2) is 0 Å². The van der Waals surface area contributed by atoms with E-state index >= 15 is 0 Å². The average molecular weight is 309 g/mol. The minimum absolute atomic E-state index is 0.190. The lowest BCUT2D eigenvalue weighted by Gasteiger charge is -2.10. The Morgan fingerprint density at radius 3 is 2.91 bits per heavy atom. The molecule has 0 radical (unpaired) electrons. The summed E-state index contributed by atoms with van der Waals surface area (Å²) in [6, 6.07) is 8.13. The van der Waals surface area contributed by atoms with Crippen LogP contribution >= 0.6 is 0 Å². The first kappa shape index (κ1) is 14.0. The zero-order chi connectivity index (χ0) is 16.0. The molecule has 6 nitrogen and oxygen atoms in total. The lowest BCUT2D eigenvalue weighted by atomic mass is 10.1. The van der Waals surface area contributed by atoms with Crippen LogP contribution in [0.15, 0.2) is 30.5 Å². The first-order valence-corrected chi connectivity index (χ1v) is 7.96. The van der Waals surface area contributed by atoms with Gasteiger partial charge in [0.1, 0.15) is 5.82 Å². The number of fused-ring (bicyclic) bond motifs is 1. The maximum atomic E-state index is 12.4. The maximum Gasteiger partial charge on any atom is 0.258 e. The SMILES string of the molecule is CC(C)n1ccc2ccc(C(=O)Nc3n[nH]c(C4CC4)n3)cc21. The van der Waals surface area contributed by atoms with Crippen molar-refractivity contribution in [1.29, 1.82) is 0 Å². The fourth-order valence-electron chi connectivity index (χ4n) is 2.78. The molecule has 2 heterocycles. The van der Waals surface area contributed by atoms with E-state index in [0.717, 1.165) is 29.6 Å². The summed E-state index contributed by atoms with van der Waals surface area (Å²) in [5, 5.41) is 10.9. The number of aromatic nitrogens is 4. The Hall–Kier alpha value is -2.63. The van der Waals surface area contributed by atoms with E-state index in [1.807, 2.05) is 24.4 Å². The van der Waals surface area contributed by atoms with E-state index in [2.05, 4.69) is 45.0 Å². The van der Waals surface area contributed by atoms with E-state index < -0.39 is 0 Å². The highest BCUT2D eigenvalue weighted by molar-refractivity contribution is 6.05. The van der Waals surface area contributed by atoms with Crippen LogP contribution in [0.1, 0.15) is 54.8 Å². The lowest BCUT2D eigenvalue weighted by molar-refractivity contribution is 0.102.